The molecule has 1 aromatic carbocycles. The van der Waals surface area contributed by atoms with E-state index >= 15 is 0 Å². The van der Waals surface area contributed by atoms with E-state index in [1.165, 1.54) is 25.2 Å². The van der Waals surface area contributed by atoms with Crippen molar-refractivity contribution in [2.45, 2.75) is 0 Å². The topological polar surface area (TPSA) is 88.8 Å². The van der Waals surface area contributed by atoms with Gasteiger partial charge < -0.3 is 16.8 Å². The van der Waals surface area contributed by atoms with Gasteiger partial charge in [-0.25, -0.2) is 4.39 Å². The second kappa shape index (κ2) is 5.32. The average Bonchev–Trinajstić information content (AvgIpc) is 2.23. The number of nitrogens with two attached hydrogens (primary N) is 2. The molecule has 1 aromatic rings. The van der Waals surface area contributed by atoms with Gasteiger partial charge >= 0.3 is 0 Å². The van der Waals surface area contributed by atoms with Crippen LogP contribution in [0.3, 0.4) is 0 Å². The molecule has 5 nitrogen and oxygen atoms in total. The van der Waals surface area contributed by atoms with E-state index in [1.54, 1.807) is 0 Å². The summed E-state index contributed by atoms with van der Waals surface area (Å²) in [6, 6.07) is 3.84. The lowest BCUT2D eigenvalue weighted by atomic mass is 10.3. The van der Waals surface area contributed by atoms with Crippen LogP contribution in [0.4, 0.5) is 10.1 Å². The zero-order valence-electron chi connectivity index (χ0n) is 8.54. The zero-order valence-corrected chi connectivity index (χ0v) is 9.29. The van der Waals surface area contributed by atoms with Gasteiger partial charge in [0.15, 0.2) is 0 Å². The molecule has 0 atom stereocenters. The number of rotatable bonds is 1. The Balaban J connectivity index is 2.88. The minimum atomic E-state index is -0.433. The van der Waals surface area contributed by atoms with E-state index in [-0.39, 0.29) is 11.9 Å². The standard InChI is InChI=1S/C9H11ClFN5/c1-14-8(12)16-9(13)15-7-4-5(11)2-3-6(7)10/h2-4H,1H3,(H5,12,13,14,15,16). The van der Waals surface area contributed by atoms with Crippen LogP contribution in [0.1, 0.15) is 0 Å². The molecule has 0 aliphatic rings. The number of hydrogen-bond acceptors (Lipinski definition) is 1. The molecule has 0 aliphatic heterocycles. The Kier molecular flexibility index (Phi) is 4.07. The lowest BCUT2D eigenvalue weighted by Crippen LogP contribution is -2.26. The predicted molar refractivity (Wildman–Crippen MR) is 64.2 cm³/mol. The maximum Gasteiger partial charge on any atom is 0.218 e. The van der Waals surface area contributed by atoms with Crippen LogP contribution in [0.25, 0.3) is 0 Å². The molecule has 0 radical (unpaired) electrons. The first-order valence-corrected chi connectivity index (χ1v) is 4.69. The van der Waals surface area contributed by atoms with E-state index in [2.05, 4.69) is 15.3 Å². The Hall–Kier alpha value is -1.82. The molecule has 0 aromatic heterocycles. The SMILES string of the molecule is CN=C(N)/N=C(\N)Nc1cc(F)ccc1Cl. The molecule has 0 amide bonds. The Morgan fingerprint density at radius 1 is 1.44 bits per heavy atom. The van der Waals surface area contributed by atoms with Gasteiger partial charge in [0.1, 0.15) is 5.82 Å². The molecule has 16 heavy (non-hydrogen) atoms. The first-order valence-electron chi connectivity index (χ1n) is 4.31. The van der Waals surface area contributed by atoms with Crippen molar-refractivity contribution in [3.63, 3.8) is 0 Å². The Labute approximate surface area is 97.0 Å². The minimum Gasteiger partial charge on any atom is -0.369 e. The Bertz CT molecular complexity index is 444. The van der Waals surface area contributed by atoms with Crippen molar-refractivity contribution in [3.8, 4) is 0 Å². The zero-order chi connectivity index (χ0) is 12.1. The fourth-order valence-corrected chi connectivity index (χ4v) is 1.10. The van der Waals surface area contributed by atoms with E-state index < -0.39 is 5.82 Å². The molecular weight excluding hydrogens is 233 g/mol. The maximum absolute atomic E-state index is 12.9. The van der Waals surface area contributed by atoms with Gasteiger partial charge in [0.2, 0.25) is 11.9 Å². The average molecular weight is 244 g/mol. The van der Waals surface area contributed by atoms with Gasteiger partial charge in [-0.2, -0.15) is 4.99 Å². The van der Waals surface area contributed by atoms with Crippen LogP contribution in [0.5, 0.6) is 0 Å². The normalized spacial score (nSPS) is 12.7. The number of guanidine groups is 2. The smallest absolute Gasteiger partial charge is 0.218 e. The lowest BCUT2D eigenvalue weighted by molar-refractivity contribution is 0.628. The van der Waals surface area contributed by atoms with Crippen LogP contribution in [0, 0.1) is 5.82 Å². The maximum atomic E-state index is 12.9. The van der Waals surface area contributed by atoms with Gasteiger partial charge in [0.05, 0.1) is 10.7 Å². The Morgan fingerprint density at radius 2 is 2.12 bits per heavy atom. The molecule has 1 rings (SSSR count). The highest BCUT2D eigenvalue weighted by atomic mass is 35.5. The lowest BCUT2D eigenvalue weighted by Gasteiger charge is -2.07. The molecule has 0 bridgehead atoms. The summed E-state index contributed by atoms with van der Waals surface area (Å²) < 4.78 is 12.9. The van der Waals surface area contributed by atoms with Crippen molar-refractivity contribution in [3.05, 3.63) is 29.0 Å². The van der Waals surface area contributed by atoms with E-state index in [0.29, 0.717) is 10.7 Å². The second-order valence-electron chi connectivity index (χ2n) is 2.83. The van der Waals surface area contributed by atoms with Crippen molar-refractivity contribution in [2.24, 2.45) is 21.5 Å². The summed E-state index contributed by atoms with van der Waals surface area (Å²) >= 11 is 5.81. The molecule has 7 heteroatoms. The fourth-order valence-electron chi connectivity index (χ4n) is 0.933. The van der Waals surface area contributed by atoms with Gasteiger partial charge in [-0.1, -0.05) is 11.6 Å². The molecule has 0 heterocycles. The quantitative estimate of drug-likeness (QED) is 0.511. The van der Waals surface area contributed by atoms with Crippen molar-refractivity contribution < 1.29 is 4.39 Å². The van der Waals surface area contributed by atoms with E-state index in [4.69, 9.17) is 23.1 Å². The van der Waals surface area contributed by atoms with Gasteiger partial charge in [-0.15, -0.1) is 0 Å². The van der Waals surface area contributed by atoms with E-state index in [9.17, 15) is 4.39 Å². The Morgan fingerprint density at radius 3 is 2.75 bits per heavy atom. The highest BCUT2D eigenvalue weighted by Crippen LogP contribution is 2.21. The third-order valence-corrected chi connectivity index (χ3v) is 1.98. The third-order valence-electron chi connectivity index (χ3n) is 1.66. The summed E-state index contributed by atoms with van der Waals surface area (Å²) in [4.78, 5) is 7.28. The number of anilines is 1. The summed E-state index contributed by atoms with van der Waals surface area (Å²) in [6.07, 6.45) is 0. The molecule has 0 fully saturated rings. The van der Waals surface area contributed by atoms with Crippen molar-refractivity contribution in [1.29, 1.82) is 0 Å². The van der Waals surface area contributed by atoms with Crippen molar-refractivity contribution >= 4 is 29.2 Å². The largest absolute Gasteiger partial charge is 0.369 e. The summed E-state index contributed by atoms with van der Waals surface area (Å²) in [5.41, 5.74) is 11.1. The van der Waals surface area contributed by atoms with Gasteiger partial charge in [-0.05, 0) is 18.2 Å². The monoisotopic (exact) mass is 243 g/mol. The van der Waals surface area contributed by atoms with Crippen molar-refractivity contribution in [1.82, 2.24) is 0 Å². The number of nitrogens with one attached hydrogen (secondary N) is 1. The van der Waals surface area contributed by atoms with Crippen molar-refractivity contribution in [2.75, 3.05) is 12.4 Å². The van der Waals surface area contributed by atoms with Crippen LogP contribution in [0.15, 0.2) is 28.2 Å². The number of hydrogen-bond donors (Lipinski definition) is 3. The highest BCUT2D eigenvalue weighted by Gasteiger charge is 2.03. The number of nitrogens with zero attached hydrogens (tertiary/aromatic N) is 2. The second-order valence-corrected chi connectivity index (χ2v) is 3.24. The molecule has 0 spiro atoms. The molecule has 0 unspecified atom stereocenters. The molecule has 5 N–H and O–H groups in total. The van der Waals surface area contributed by atoms with Gasteiger partial charge in [0, 0.05) is 7.05 Å². The molecular formula is C9H11ClFN5. The van der Waals surface area contributed by atoms with Gasteiger partial charge in [-0.3, -0.25) is 4.99 Å². The predicted octanol–water partition coefficient (Wildman–Crippen LogP) is 1.15. The van der Waals surface area contributed by atoms with Crippen LogP contribution in [-0.2, 0) is 0 Å². The molecule has 0 saturated heterocycles. The summed E-state index contributed by atoms with van der Waals surface area (Å²) in [7, 11) is 1.47. The van der Waals surface area contributed by atoms with E-state index in [0.717, 1.165) is 0 Å². The van der Waals surface area contributed by atoms with E-state index in [1.807, 2.05) is 0 Å². The number of benzene rings is 1. The first-order chi connectivity index (χ1) is 7.52. The third kappa shape index (κ3) is 3.39. The first kappa shape index (κ1) is 12.3. The van der Waals surface area contributed by atoms with Gasteiger partial charge in [0.25, 0.3) is 0 Å². The van der Waals surface area contributed by atoms with Crippen LogP contribution in [0.2, 0.25) is 5.02 Å². The molecule has 0 saturated carbocycles. The highest BCUT2D eigenvalue weighted by molar-refractivity contribution is 6.33. The summed E-state index contributed by atoms with van der Waals surface area (Å²) in [5.74, 6) is -0.440. The number of aliphatic imine (C=N–C) groups is 2. The molecule has 86 valence electrons. The summed E-state index contributed by atoms with van der Waals surface area (Å²) in [5, 5.41) is 2.94. The van der Waals surface area contributed by atoms with Crippen LogP contribution in [-0.4, -0.2) is 19.0 Å². The number of halogens is 2. The van der Waals surface area contributed by atoms with Crippen LogP contribution >= 0.6 is 11.6 Å². The fraction of sp³-hybridized carbons (Fsp3) is 0.111. The summed E-state index contributed by atoms with van der Waals surface area (Å²) in [6.45, 7) is 0. The minimum absolute atomic E-state index is 0.0116. The molecule has 0 aliphatic carbocycles. The van der Waals surface area contributed by atoms with Crippen LogP contribution < -0.4 is 16.8 Å².